The van der Waals surface area contributed by atoms with E-state index in [1.807, 2.05) is 81.4 Å². The first kappa shape index (κ1) is 17.9. The third kappa shape index (κ3) is 3.89. The van der Waals surface area contributed by atoms with Gasteiger partial charge < -0.3 is 5.11 Å². The van der Waals surface area contributed by atoms with E-state index in [9.17, 15) is 9.32 Å². The molecular weight excluding hydrogens is 308 g/mol. The number of aliphatic hydroxyl groups is 1. The molecule has 0 radical (unpaired) electrons. The molecule has 2 aromatic rings. The number of hydrogen-bond acceptors (Lipinski definition) is 3. The number of benzene rings is 2. The van der Waals surface area contributed by atoms with Crippen LogP contribution >= 0.6 is 0 Å². The molecule has 2 aromatic carbocycles. The molecule has 0 saturated heterocycles. The molecular formula is C19H24O3S. The van der Waals surface area contributed by atoms with Crippen molar-refractivity contribution in [3.63, 3.8) is 0 Å². The van der Waals surface area contributed by atoms with Crippen molar-refractivity contribution >= 4 is 11.1 Å². The zero-order valence-electron chi connectivity index (χ0n) is 14.0. The number of rotatable bonds is 5. The summed E-state index contributed by atoms with van der Waals surface area (Å²) in [4.78, 5) is 0. The normalized spacial score (nSPS) is 15.2. The molecule has 2 rings (SSSR count). The Labute approximate surface area is 141 Å². The monoisotopic (exact) mass is 332 g/mol. The molecule has 0 saturated carbocycles. The van der Waals surface area contributed by atoms with E-state index in [1.54, 1.807) is 6.92 Å². The van der Waals surface area contributed by atoms with Crippen molar-refractivity contribution in [3.8, 4) is 0 Å². The van der Waals surface area contributed by atoms with Gasteiger partial charge >= 0.3 is 0 Å². The average Bonchev–Trinajstić information content (AvgIpc) is 2.54. The Kier molecular flexibility index (Phi) is 5.40. The molecule has 2 atom stereocenters. The van der Waals surface area contributed by atoms with E-state index in [-0.39, 0.29) is 0 Å². The van der Waals surface area contributed by atoms with Crippen LogP contribution in [-0.2, 0) is 20.9 Å². The molecule has 0 spiro atoms. The summed E-state index contributed by atoms with van der Waals surface area (Å²) in [6, 6.07) is 18.7. The first-order chi connectivity index (χ1) is 10.8. The quantitative estimate of drug-likeness (QED) is 0.906. The molecule has 3 nitrogen and oxygen atoms in total. The van der Waals surface area contributed by atoms with Crippen LogP contribution < -0.4 is 0 Å². The maximum atomic E-state index is 12.4. The van der Waals surface area contributed by atoms with Gasteiger partial charge in [0.2, 0.25) is 0 Å². The molecule has 0 bridgehead atoms. The van der Waals surface area contributed by atoms with E-state index in [0.29, 0.717) is 11.1 Å². The summed E-state index contributed by atoms with van der Waals surface area (Å²) < 4.78 is 17.6. The summed E-state index contributed by atoms with van der Waals surface area (Å²) in [6.45, 7) is 7.30. The molecule has 0 aliphatic heterocycles. The summed E-state index contributed by atoms with van der Waals surface area (Å²) in [6.07, 6.45) is -0.674. The van der Waals surface area contributed by atoms with Crippen molar-refractivity contribution in [2.45, 2.75) is 44.1 Å². The van der Waals surface area contributed by atoms with Gasteiger partial charge in [0.1, 0.15) is 11.7 Å². The van der Waals surface area contributed by atoms with Crippen molar-refractivity contribution in [1.82, 2.24) is 0 Å². The van der Waals surface area contributed by atoms with Gasteiger partial charge in [-0.15, -0.1) is 0 Å². The van der Waals surface area contributed by atoms with Crippen LogP contribution in [0.15, 0.2) is 60.7 Å². The van der Waals surface area contributed by atoms with Crippen molar-refractivity contribution in [2.75, 3.05) is 0 Å². The highest BCUT2D eigenvalue weighted by molar-refractivity contribution is 7.81. The Morgan fingerprint density at radius 3 is 1.65 bits per heavy atom. The lowest BCUT2D eigenvalue weighted by molar-refractivity contribution is -0.0208. The van der Waals surface area contributed by atoms with E-state index in [1.165, 1.54) is 0 Å². The van der Waals surface area contributed by atoms with Crippen molar-refractivity contribution in [1.29, 1.82) is 0 Å². The van der Waals surface area contributed by atoms with Gasteiger partial charge in [0.05, 0.1) is 4.75 Å². The zero-order valence-corrected chi connectivity index (χ0v) is 14.8. The minimum absolute atomic E-state index is 0.511. The van der Waals surface area contributed by atoms with Crippen LogP contribution in [0.1, 0.15) is 38.8 Å². The molecule has 0 aliphatic carbocycles. The van der Waals surface area contributed by atoms with Crippen LogP contribution in [0.2, 0.25) is 0 Å². The standard InChI is InChI=1S/C19H24O3S/c1-15(22-23(21)18(2,3)4)19(20,16-11-7-5-8-12-16)17-13-9-6-10-14-17/h5-15,20H,1-4H3/t15-,23?/m0/s1. The highest BCUT2D eigenvalue weighted by atomic mass is 32.2. The molecule has 1 unspecified atom stereocenters. The fourth-order valence-electron chi connectivity index (χ4n) is 2.37. The zero-order chi connectivity index (χ0) is 17.1. The number of hydrogen-bond donors (Lipinski definition) is 1. The molecule has 4 heteroatoms. The second-order valence-electron chi connectivity index (χ2n) is 6.58. The maximum Gasteiger partial charge on any atom is 0.161 e. The van der Waals surface area contributed by atoms with Gasteiger partial charge in [-0.05, 0) is 38.8 Å². The summed E-state index contributed by atoms with van der Waals surface area (Å²) >= 11 is -1.52. The molecule has 0 heterocycles. The van der Waals surface area contributed by atoms with Crippen LogP contribution in [-0.4, -0.2) is 20.2 Å². The van der Waals surface area contributed by atoms with Gasteiger partial charge in [0.25, 0.3) is 0 Å². The highest BCUT2D eigenvalue weighted by Crippen LogP contribution is 2.35. The predicted octanol–water partition coefficient (Wildman–Crippen LogP) is 3.79. The lowest BCUT2D eigenvalue weighted by Gasteiger charge is -2.35. The van der Waals surface area contributed by atoms with Crippen molar-refractivity contribution in [3.05, 3.63) is 71.8 Å². The van der Waals surface area contributed by atoms with Gasteiger partial charge in [-0.2, -0.15) is 0 Å². The van der Waals surface area contributed by atoms with Crippen molar-refractivity contribution < 1.29 is 13.5 Å². The lowest BCUT2D eigenvalue weighted by Crippen LogP contribution is -2.42. The summed E-state index contributed by atoms with van der Waals surface area (Å²) in [5, 5.41) is 11.5. The van der Waals surface area contributed by atoms with E-state index < -0.39 is 27.5 Å². The predicted molar refractivity (Wildman–Crippen MR) is 94.3 cm³/mol. The fourth-order valence-corrected chi connectivity index (χ4v) is 3.06. The van der Waals surface area contributed by atoms with E-state index in [4.69, 9.17) is 4.18 Å². The van der Waals surface area contributed by atoms with Gasteiger partial charge in [-0.3, -0.25) is 4.18 Å². The van der Waals surface area contributed by atoms with Crippen molar-refractivity contribution in [2.24, 2.45) is 0 Å². The fraction of sp³-hybridized carbons (Fsp3) is 0.368. The van der Waals surface area contributed by atoms with Crippen LogP contribution in [0.3, 0.4) is 0 Å². The molecule has 1 N–H and O–H groups in total. The van der Waals surface area contributed by atoms with Gasteiger partial charge in [-0.25, -0.2) is 4.21 Å². The third-order valence-corrected chi connectivity index (χ3v) is 5.21. The second kappa shape index (κ2) is 6.95. The van der Waals surface area contributed by atoms with E-state index in [0.717, 1.165) is 0 Å². The van der Waals surface area contributed by atoms with E-state index >= 15 is 0 Å². The highest BCUT2D eigenvalue weighted by Gasteiger charge is 2.40. The molecule has 124 valence electrons. The Balaban J connectivity index is 2.45. The van der Waals surface area contributed by atoms with Crippen LogP contribution in [0, 0.1) is 0 Å². The molecule has 0 fully saturated rings. The topological polar surface area (TPSA) is 46.5 Å². The molecule has 23 heavy (non-hydrogen) atoms. The maximum absolute atomic E-state index is 12.4. The van der Waals surface area contributed by atoms with Gasteiger partial charge in [0.15, 0.2) is 11.1 Å². The first-order valence-electron chi connectivity index (χ1n) is 7.68. The largest absolute Gasteiger partial charge is 0.378 e. The van der Waals surface area contributed by atoms with Gasteiger partial charge in [0, 0.05) is 0 Å². The SMILES string of the molecule is C[C@H](OS(=O)C(C)(C)C)C(O)(c1ccccc1)c1ccccc1. The minimum atomic E-state index is -1.52. The van der Waals surface area contributed by atoms with Crippen LogP contribution in [0.4, 0.5) is 0 Å². The molecule has 0 aromatic heterocycles. The van der Waals surface area contributed by atoms with E-state index in [2.05, 4.69) is 0 Å². The first-order valence-corrected chi connectivity index (χ1v) is 8.76. The van der Waals surface area contributed by atoms with Gasteiger partial charge in [-0.1, -0.05) is 60.7 Å². The Bertz CT molecular complexity index is 608. The summed E-state index contributed by atoms with van der Waals surface area (Å²) in [5.41, 5.74) is 0.0536. The lowest BCUT2D eigenvalue weighted by atomic mass is 9.82. The summed E-state index contributed by atoms with van der Waals surface area (Å²) in [5.74, 6) is 0. The summed E-state index contributed by atoms with van der Waals surface area (Å²) in [7, 11) is 0. The van der Waals surface area contributed by atoms with Crippen LogP contribution in [0.5, 0.6) is 0 Å². The second-order valence-corrected chi connectivity index (χ2v) is 8.47. The third-order valence-electron chi connectivity index (χ3n) is 3.75. The van der Waals surface area contributed by atoms with Crippen LogP contribution in [0.25, 0.3) is 0 Å². The smallest absolute Gasteiger partial charge is 0.161 e. The Morgan fingerprint density at radius 2 is 1.30 bits per heavy atom. The minimum Gasteiger partial charge on any atom is -0.378 e. The molecule has 0 aliphatic rings. The average molecular weight is 332 g/mol. The Hall–Kier alpha value is -1.49. The Morgan fingerprint density at radius 1 is 0.913 bits per heavy atom. The molecule has 0 amide bonds.